The second-order valence-corrected chi connectivity index (χ2v) is 6.57. The Morgan fingerprint density at radius 1 is 1.09 bits per heavy atom. The molecular weight excluding hydrogens is 305 g/mol. The number of para-hydroxylation sites is 2. The first-order chi connectivity index (χ1) is 10.5. The summed E-state index contributed by atoms with van der Waals surface area (Å²) >= 11 is 0. The molecule has 0 saturated carbocycles. The summed E-state index contributed by atoms with van der Waals surface area (Å²) in [7, 11) is -3.64. The zero-order valence-electron chi connectivity index (χ0n) is 11.6. The van der Waals surface area contributed by atoms with Crippen LogP contribution in [0.2, 0.25) is 0 Å². The Morgan fingerprint density at radius 3 is 2.55 bits per heavy atom. The number of hydrogen-bond acceptors (Lipinski definition) is 3. The van der Waals surface area contributed by atoms with Crippen LogP contribution in [0.15, 0.2) is 53.4 Å². The van der Waals surface area contributed by atoms with Crippen molar-refractivity contribution in [2.24, 2.45) is 0 Å². The van der Waals surface area contributed by atoms with Crippen molar-refractivity contribution in [1.82, 2.24) is 14.7 Å². The predicted molar refractivity (Wildman–Crippen MR) is 81.4 cm³/mol. The van der Waals surface area contributed by atoms with Gasteiger partial charge >= 0.3 is 0 Å². The zero-order chi connectivity index (χ0) is 15.6. The van der Waals surface area contributed by atoms with Crippen LogP contribution in [-0.2, 0) is 16.4 Å². The standard InChI is InChI=1S/C15H14FN3O2S/c16-11-5-7-12(8-6-11)22(20,21)17-10-9-15-18-13-3-1-2-4-14(13)19-15/h1-8,17H,9-10H2,(H,18,19). The molecule has 2 aromatic carbocycles. The molecule has 22 heavy (non-hydrogen) atoms. The molecule has 0 aliphatic rings. The van der Waals surface area contributed by atoms with E-state index >= 15 is 0 Å². The van der Waals surface area contributed by atoms with E-state index in [1.54, 1.807) is 0 Å². The molecule has 1 heterocycles. The summed E-state index contributed by atoms with van der Waals surface area (Å²) in [4.78, 5) is 7.55. The van der Waals surface area contributed by atoms with Gasteiger partial charge in [0.1, 0.15) is 11.6 Å². The van der Waals surface area contributed by atoms with Crippen molar-refractivity contribution >= 4 is 21.1 Å². The van der Waals surface area contributed by atoms with Crippen LogP contribution >= 0.6 is 0 Å². The van der Waals surface area contributed by atoms with Crippen molar-refractivity contribution in [3.05, 3.63) is 60.2 Å². The summed E-state index contributed by atoms with van der Waals surface area (Å²) in [6.07, 6.45) is 0.440. The van der Waals surface area contributed by atoms with E-state index in [1.807, 2.05) is 24.3 Å². The summed E-state index contributed by atoms with van der Waals surface area (Å²) in [5.74, 6) is 0.240. The number of aromatic nitrogens is 2. The third-order valence-corrected chi connectivity index (χ3v) is 4.69. The van der Waals surface area contributed by atoms with E-state index in [0.29, 0.717) is 12.2 Å². The van der Waals surface area contributed by atoms with Gasteiger partial charge in [0.2, 0.25) is 10.0 Å². The topological polar surface area (TPSA) is 74.8 Å². The van der Waals surface area contributed by atoms with Crippen LogP contribution in [0.3, 0.4) is 0 Å². The van der Waals surface area contributed by atoms with Gasteiger partial charge in [0.05, 0.1) is 15.9 Å². The Bertz CT molecular complexity index is 856. The molecule has 2 N–H and O–H groups in total. The molecular formula is C15H14FN3O2S. The van der Waals surface area contributed by atoms with Crippen LogP contribution < -0.4 is 4.72 Å². The molecule has 0 atom stereocenters. The average Bonchev–Trinajstić information content (AvgIpc) is 2.90. The van der Waals surface area contributed by atoms with Gasteiger partial charge < -0.3 is 4.98 Å². The fourth-order valence-electron chi connectivity index (χ4n) is 2.12. The molecule has 0 aliphatic carbocycles. The summed E-state index contributed by atoms with van der Waals surface area (Å²) in [5.41, 5.74) is 1.76. The highest BCUT2D eigenvalue weighted by Crippen LogP contribution is 2.11. The first-order valence-corrected chi connectivity index (χ1v) is 8.22. The minimum Gasteiger partial charge on any atom is -0.342 e. The number of nitrogens with zero attached hydrogens (tertiary/aromatic N) is 1. The lowest BCUT2D eigenvalue weighted by molar-refractivity contribution is 0.580. The van der Waals surface area contributed by atoms with Gasteiger partial charge in [-0.2, -0.15) is 0 Å². The van der Waals surface area contributed by atoms with E-state index in [-0.39, 0.29) is 11.4 Å². The van der Waals surface area contributed by atoms with Crippen LogP contribution in [0.25, 0.3) is 11.0 Å². The normalized spacial score (nSPS) is 11.9. The molecule has 1 aromatic heterocycles. The fraction of sp³-hybridized carbons (Fsp3) is 0.133. The van der Waals surface area contributed by atoms with E-state index in [1.165, 1.54) is 12.1 Å². The van der Waals surface area contributed by atoms with Gasteiger partial charge in [0.25, 0.3) is 0 Å². The van der Waals surface area contributed by atoms with E-state index < -0.39 is 15.8 Å². The fourth-order valence-corrected chi connectivity index (χ4v) is 3.16. The zero-order valence-corrected chi connectivity index (χ0v) is 12.4. The number of aromatic amines is 1. The number of benzene rings is 2. The maximum Gasteiger partial charge on any atom is 0.240 e. The van der Waals surface area contributed by atoms with Gasteiger partial charge in [0, 0.05) is 13.0 Å². The molecule has 0 fully saturated rings. The Morgan fingerprint density at radius 2 is 1.82 bits per heavy atom. The predicted octanol–water partition coefficient (Wildman–Crippen LogP) is 2.22. The van der Waals surface area contributed by atoms with Crippen molar-refractivity contribution in [2.75, 3.05) is 6.54 Å². The molecule has 0 radical (unpaired) electrons. The Labute approximate surface area is 127 Å². The maximum atomic E-state index is 12.8. The van der Waals surface area contributed by atoms with Gasteiger partial charge in [0.15, 0.2) is 0 Å². The molecule has 0 amide bonds. The van der Waals surface area contributed by atoms with Crippen molar-refractivity contribution in [3.63, 3.8) is 0 Å². The highest BCUT2D eigenvalue weighted by atomic mass is 32.2. The molecule has 7 heteroatoms. The number of H-pyrrole nitrogens is 1. The van der Waals surface area contributed by atoms with Gasteiger partial charge in [-0.25, -0.2) is 22.5 Å². The second kappa shape index (κ2) is 5.86. The number of rotatable bonds is 5. The SMILES string of the molecule is O=S(=O)(NCCc1nc2ccccc2[nH]1)c1ccc(F)cc1. The molecule has 0 aliphatic heterocycles. The molecule has 114 valence electrons. The number of halogens is 1. The van der Waals surface area contributed by atoms with Crippen molar-refractivity contribution in [1.29, 1.82) is 0 Å². The molecule has 3 rings (SSSR count). The minimum atomic E-state index is -3.64. The molecule has 5 nitrogen and oxygen atoms in total. The lowest BCUT2D eigenvalue weighted by atomic mass is 10.3. The van der Waals surface area contributed by atoms with Gasteiger partial charge in [-0.1, -0.05) is 12.1 Å². The first-order valence-electron chi connectivity index (χ1n) is 6.73. The van der Waals surface area contributed by atoms with E-state index in [2.05, 4.69) is 14.7 Å². The maximum absolute atomic E-state index is 12.8. The third kappa shape index (κ3) is 3.15. The summed E-state index contributed by atoms with van der Waals surface area (Å²) in [5, 5.41) is 0. The number of imidazole rings is 1. The van der Waals surface area contributed by atoms with Crippen LogP contribution in [0.1, 0.15) is 5.82 Å². The molecule has 0 bridgehead atoms. The first kappa shape index (κ1) is 14.7. The van der Waals surface area contributed by atoms with Gasteiger partial charge in [-0.05, 0) is 36.4 Å². The van der Waals surface area contributed by atoms with Crippen LogP contribution in [0.4, 0.5) is 4.39 Å². The van der Waals surface area contributed by atoms with Gasteiger partial charge in [-0.3, -0.25) is 0 Å². The third-order valence-electron chi connectivity index (χ3n) is 3.22. The summed E-state index contributed by atoms with van der Waals surface area (Å²) < 4.78 is 39.4. The molecule has 0 unspecified atom stereocenters. The molecule has 3 aromatic rings. The highest BCUT2D eigenvalue weighted by Gasteiger charge is 2.13. The van der Waals surface area contributed by atoms with Crippen LogP contribution in [-0.4, -0.2) is 24.9 Å². The highest BCUT2D eigenvalue weighted by molar-refractivity contribution is 7.89. The van der Waals surface area contributed by atoms with Crippen LogP contribution in [0, 0.1) is 5.82 Å². The summed E-state index contributed by atoms with van der Waals surface area (Å²) in [6, 6.07) is 12.3. The smallest absolute Gasteiger partial charge is 0.240 e. The van der Waals surface area contributed by atoms with Crippen molar-refractivity contribution in [2.45, 2.75) is 11.3 Å². The number of nitrogens with one attached hydrogen (secondary N) is 2. The lowest BCUT2D eigenvalue weighted by Gasteiger charge is -2.05. The van der Waals surface area contributed by atoms with E-state index in [4.69, 9.17) is 0 Å². The molecule has 0 saturated heterocycles. The lowest BCUT2D eigenvalue weighted by Crippen LogP contribution is -2.26. The van der Waals surface area contributed by atoms with E-state index in [0.717, 1.165) is 23.2 Å². The van der Waals surface area contributed by atoms with Gasteiger partial charge in [-0.15, -0.1) is 0 Å². The van der Waals surface area contributed by atoms with Crippen molar-refractivity contribution < 1.29 is 12.8 Å². The Balaban J connectivity index is 1.65. The second-order valence-electron chi connectivity index (χ2n) is 4.80. The van der Waals surface area contributed by atoms with Crippen LogP contribution in [0.5, 0.6) is 0 Å². The summed E-state index contributed by atoms with van der Waals surface area (Å²) in [6.45, 7) is 0.208. The number of hydrogen-bond donors (Lipinski definition) is 2. The average molecular weight is 319 g/mol. The van der Waals surface area contributed by atoms with Crippen molar-refractivity contribution in [3.8, 4) is 0 Å². The monoisotopic (exact) mass is 319 g/mol. The molecule has 0 spiro atoms. The quantitative estimate of drug-likeness (QED) is 0.757. The Hall–Kier alpha value is -2.25. The largest absolute Gasteiger partial charge is 0.342 e. The van der Waals surface area contributed by atoms with E-state index in [9.17, 15) is 12.8 Å². The number of sulfonamides is 1. The number of fused-ring (bicyclic) bond motifs is 1. The minimum absolute atomic E-state index is 0.0403. The Kier molecular flexibility index (Phi) is 3.91.